The number of nitrogens with one attached hydrogen (secondary N) is 2. The number of hydroxylamine groups is 1. The molecule has 0 amide bonds. The average molecular weight is 482 g/mol. The van der Waals surface area contributed by atoms with Crippen molar-refractivity contribution in [3.8, 4) is 0 Å². The third kappa shape index (κ3) is 5.01. The van der Waals surface area contributed by atoms with Gasteiger partial charge in [-0.3, -0.25) is 20.1 Å². The second-order valence-corrected chi connectivity index (χ2v) is 9.17. The Bertz CT molecular complexity index is 1290. The van der Waals surface area contributed by atoms with Gasteiger partial charge >= 0.3 is 11.7 Å². The minimum atomic E-state index is -0.615. The van der Waals surface area contributed by atoms with Crippen molar-refractivity contribution in [1.82, 2.24) is 15.4 Å². The van der Waals surface area contributed by atoms with Gasteiger partial charge in [0, 0.05) is 12.1 Å². The van der Waals surface area contributed by atoms with Crippen LogP contribution in [0.25, 0.3) is 16.8 Å². The molecule has 3 heterocycles. The Morgan fingerprint density at radius 2 is 1.97 bits per heavy atom. The Balaban J connectivity index is 1.23. The van der Waals surface area contributed by atoms with Crippen molar-refractivity contribution in [2.24, 2.45) is 5.41 Å². The summed E-state index contributed by atoms with van der Waals surface area (Å²) in [6.45, 7) is 4.27. The van der Waals surface area contributed by atoms with Crippen LogP contribution < -0.4 is 11.2 Å². The van der Waals surface area contributed by atoms with E-state index in [1.165, 1.54) is 12.1 Å². The first kappa shape index (κ1) is 23.3. The number of esters is 1. The molecule has 3 aromatic rings. The Kier molecular flexibility index (Phi) is 6.44. The van der Waals surface area contributed by atoms with E-state index in [0.717, 1.165) is 29.9 Å². The number of H-pyrrole nitrogens is 1. The second-order valence-electron chi connectivity index (χ2n) is 9.17. The summed E-state index contributed by atoms with van der Waals surface area (Å²) in [6, 6.07) is 11.8. The molecule has 2 aliphatic rings. The lowest BCUT2D eigenvalue weighted by molar-refractivity contribution is -0.158. The predicted molar refractivity (Wildman–Crippen MR) is 128 cm³/mol. The van der Waals surface area contributed by atoms with Gasteiger partial charge in [0.25, 0.3) is 0 Å². The number of halogens is 1. The number of hydrogen-bond acceptors (Lipinski definition) is 7. The Hall–Kier alpha value is -3.43. The van der Waals surface area contributed by atoms with Crippen molar-refractivity contribution in [2.45, 2.75) is 32.3 Å². The maximum atomic E-state index is 13.4. The van der Waals surface area contributed by atoms with E-state index in [-0.39, 0.29) is 17.9 Å². The third-order valence-electron chi connectivity index (χ3n) is 6.82. The quantitative estimate of drug-likeness (QED) is 0.500. The van der Waals surface area contributed by atoms with Gasteiger partial charge in [-0.15, -0.1) is 0 Å². The minimum Gasteiger partial charge on any atom is -0.466 e. The highest BCUT2D eigenvalue weighted by atomic mass is 19.1. The number of piperidine rings is 1. The Labute approximate surface area is 201 Å². The van der Waals surface area contributed by atoms with Crippen LogP contribution in [0.2, 0.25) is 0 Å². The van der Waals surface area contributed by atoms with Crippen molar-refractivity contribution in [2.75, 3.05) is 26.2 Å². The fourth-order valence-electron chi connectivity index (χ4n) is 4.90. The molecule has 1 unspecified atom stereocenters. The molecule has 0 aliphatic carbocycles. The van der Waals surface area contributed by atoms with Gasteiger partial charge < -0.3 is 14.1 Å². The van der Waals surface area contributed by atoms with E-state index in [1.807, 2.05) is 19.1 Å². The average Bonchev–Trinajstić information content (AvgIpc) is 3.47. The van der Waals surface area contributed by atoms with Crippen LogP contribution in [0.15, 0.2) is 57.8 Å². The number of aromatic amines is 1. The highest BCUT2D eigenvalue weighted by molar-refractivity contribution is 5.79. The molecule has 0 radical (unpaired) electrons. The first-order chi connectivity index (χ1) is 16.9. The standard InChI is InChI=1S/C26H28FN3O5/c1-2-33-24(31)26(15-17-3-6-19(27)7-4-17)9-11-30(12-10-26)16-20-14-22(29-35-20)18-5-8-21-23(13-18)34-25(32)28-21/h3-8,13-14,20,29H,2,9-12,15-16H2,1H3,(H,28,32). The molecular formula is C26H28FN3O5. The summed E-state index contributed by atoms with van der Waals surface area (Å²) in [5.41, 5.74) is 6.10. The van der Waals surface area contributed by atoms with E-state index in [4.69, 9.17) is 14.0 Å². The first-order valence-electron chi connectivity index (χ1n) is 11.8. The summed E-state index contributed by atoms with van der Waals surface area (Å²) >= 11 is 0. The lowest BCUT2D eigenvalue weighted by Crippen LogP contribution is -2.48. The molecule has 184 valence electrons. The van der Waals surface area contributed by atoms with E-state index in [0.29, 0.717) is 43.5 Å². The summed E-state index contributed by atoms with van der Waals surface area (Å²) in [4.78, 5) is 35.0. The Morgan fingerprint density at radius 3 is 2.71 bits per heavy atom. The van der Waals surface area contributed by atoms with Crippen molar-refractivity contribution in [3.63, 3.8) is 0 Å². The molecule has 2 aromatic carbocycles. The molecule has 1 saturated heterocycles. The second kappa shape index (κ2) is 9.67. The first-order valence-corrected chi connectivity index (χ1v) is 11.8. The highest BCUT2D eigenvalue weighted by Crippen LogP contribution is 2.37. The fraction of sp³-hybridized carbons (Fsp3) is 0.385. The Morgan fingerprint density at radius 1 is 1.20 bits per heavy atom. The van der Waals surface area contributed by atoms with Gasteiger partial charge in [-0.2, -0.15) is 0 Å². The molecule has 1 aromatic heterocycles. The van der Waals surface area contributed by atoms with Crippen LogP contribution in [-0.2, 0) is 20.8 Å². The topological polar surface area (TPSA) is 96.8 Å². The van der Waals surface area contributed by atoms with Gasteiger partial charge in [-0.1, -0.05) is 18.2 Å². The lowest BCUT2D eigenvalue weighted by atomic mass is 9.73. The van der Waals surface area contributed by atoms with E-state index >= 15 is 0 Å². The van der Waals surface area contributed by atoms with Gasteiger partial charge in [-0.05, 0) is 75.2 Å². The molecule has 0 saturated carbocycles. The summed E-state index contributed by atoms with van der Waals surface area (Å²) in [7, 11) is 0. The zero-order chi connectivity index (χ0) is 24.4. The number of fused-ring (bicyclic) bond motifs is 1. The smallest absolute Gasteiger partial charge is 0.417 e. The molecule has 9 heteroatoms. The summed E-state index contributed by atoms with van der Waals surface area (Å²) in [5, 5.41) is 0. The van der Waals surface area contributed by atoms with Crippen LogP contribution in [0.3, 0.4) is 0 Å². The normalized spacial score (nSPS) is 19.9. The van der Waals surface area contributed by atoms with Gasteiger partial charge in [0.05, 0.1) is 23.2 Å². The number of carbonyl (C=O) groups is 1. The molecule has 0 bridgehead atoms. The molecular weight excluding hydrogens is 453 g/mol. The van der Waals surface area contributed by atoms with E-state index in [9.17, 15) is 14.0 Å². The number of carbonyl (C=O) groups excluding carboxylic acids is 1. The van der Waals surface area contributed by atoms with E-state index < -0.39 is 11.2 Å². The summed E-state index contributed by atoms with van der Waals surface area (Å²) < 4.78 is 23.9. The number of oxazole rings is 1. The summed E-state index contributed by atoms with van der Waals surface area (Å²) in [5.74, 6) is -0.955. The van der Waals surface area contributed by atoms with Crippen LogP contribution in [0.4, 0.5) is 4.39 Å². The van der Waals surface area contributed by atoms with Crippen molar-refractivity contribution in [3.05, 3.63) is 76.0 Å². The predicted octanol–water partition coefficient (Wildman–Crippen LogP) is 3.39. The number of benzene rings is 2. The highest BCUT2D eigenvalue weighted by Gasteiger charge is 2.43. The third-order valence-corrected chi connectivity index (χ3v) is 6.82. The molecule has 35 heavy (non-hydrogen) atoms. The number of likely N-dealkylation sites (tertiary alicyclic amines) is 1. The summed E-state index contributed by atoms with van der Waals surface area (Å²) in [6.07, 6.45) is 3.69. The van der Waals surface area contributed by atoms with Crippen molar-refractivity contribution >= 4 is 22.8 Å². The van der Waals surface area contributed by atoms with Crippen molar-refractivity contribution in [1.29, 1.82) is 0 Å². The largest absolute Gasteiger partial charge is 0.466 e. The van der Waals surface area contributed by atoms with Crippen LogP contribution in [0, 0.1) is 11.2 Å². The zero-order valence-electron chi connectivity index (χ0n) is 19.5. The minimum absolute atomic E-state index is 0.161. The SMILES string of the molecule is CCOC(=O)C1(Cc2ccc(F)cc2)CCN(CC2C=C(c3ccc4[nH]c(=O)oc4c3)NO2)CC1. The van der Waals surface area contributed by atoms with Crippen LogP contribution >= 0.6 is 0 Å². The van der Waals surface area contributed by atoms with E-state index in [1.54, 1.807) is 24.3 Å². The molecule has 1 fully saturated rings. The zero-order valence-corrected chi connectivity index (χ0v) is 19.5. The van der Waals surface area contributed by atoms with Gasteiger partial charge in [0.15, 0.2) is 5.58 Å². The fourth-order valence-corrected chi connectivity index (χ4v) is 4.90. The van der Waals surface area contributed by atoms with Gasteiger partial charge in [0.1, 0.15) is 11.9 Å². The molecule has 1 atom stereocenters. The van der Waals surface area contributed by atoms with E-state index in [2.05, 4.69) is 15.4 Å². The number of aromatic nitrogens is 1. The molecule has 0 spiro atoms. The molecule has 2 N–H and O–H groups in total. The van der Waals surface area contributed by atoms with Crippen molar-refractivity contribution < 1.29 is 23.2 Å². The van der Waals surface area contributed by atoms with Crippen LogP contribution in [0.1, 0.15) is 30.9 Å². The molecule has 8 nitrogen and oxygen atoms in total. The van der Waals surface area contributed by atoms with Crippen LogP contribution in [0.5, 0.6) is 0 Å². The lowest BCUT2D eigenvalue weighted by Gasteiger charge is -2.40. The number of rotatable bonds is 7. The molecule has 5 rings (SSSR count). The maximum absolute atomic E-state index is 13.4. The van der Waals surface area contributed by atoms with Gasteiger partial charge in [-0.25, -0.2) is 9.18 Å². The maximum Gasteiger partial charge on any atom is 0.417 e. The number of ether oxygens (including phenoxy) is 1. The molecule has 2 aliphatic heterocycles. The van der Waals surface area contributed by atoms with Crippen LogP contribution in [-0.4, -0.2) is 48.2 Å². The number of nitrogens with zero attached hydrogens (tertiary/aromatic N) is 1. The monoisotopic (exact) mass is 481 g/mol. The number of hydrogen-bond donors (Lipinski definition) is 2. The van der Waals surface area contributed by atoms with Gasteiger partial charge in [0.2, 0.25) is 0 Å².